The van der Waals surface area contributed by atoms with Gasteiger partial charge in [0.2, 0.25) is 0 Å². The molecule has 0 saturated carbocycles. The van der Waals surface area contributed by atoms with Crippen molar-refractivity contribution >= 4 is 0 Å². The highest BCUT2D eigenvalue weighted by molar-refractivity contribution is 4.98. The Morgan fingerprint density at radius 2 is 1.41 bits per heavy atom. The lowest BCUT2D eigenvalue weighted by Crippen LogP contribution is -2.58. The average molecular weight is 274 g/mol. The third kappa shape index (κ3) is 2.99. The summed E-state index contributed by atoms with van der Waals surface area (Å²) in [5.41, 5.74) is 0. The molecule has 0 bridgehead atoms. The topological polar surface area (TPSA) is 20.2 Å². The Balaban J connectivity index is 5.15. The Kier molecular flexibility index (Phi) is 4.77. The maximum atomic E-state index is 12.8. The van der Waals surface area contributed by atoms with Crippen molar-refractivity contribution in [3.8, 4) is 0 Å². The van der Waals surface area contributed by atoms with Gasteiger partial charge in [-0.15, -0.1) is 0 Å². The van der Waals surface area contributed by atoms with Crippen LogP contribution in [0, 0.1) is 0 Å². The van der Waals surface area contributed by atoms with Crippen molar-refractivity contribution in [1.82, 2.24) is 0 Å². The maximum absolute atomic E-state index is 12.8. The number of aliphatic hydroxyl groups is 1. The van der Waals surface area contributed by atoms with E-state index >= 15 is 0 Å². The normalized spacial score (nSPS) is 16.4. The predicted octanol–water partition coefficient (Wildman–Crippen LogP) is 3.32. The van der Waals surface area contributed by atoms with Gasteiger partial charge in [-0.05, 0) is 6.42 Å². The Hall–Kier alpha value is -0.600. The van der Waals surface area contributed by atoms with E-state index in [0.29, 0.717) is 0 Å². The monoisotopic (exact) mass is 274 g/mol. The highest BCUT2D eigenvalue weighted by Gasteiger charge is 2.75. The second-order valence-electron chi connectivity index (χ2n) is 3.47. The van der Waals surface area contributed by atoms with E-state index in [9.17, 15) is 35.1 Å². The number of alkyl halides is 8. The summed E-state index contributed by atoms with van der Waals surface area (Å²) in [4.78, 5) is 0. The van der Waals surface area contributed by atoms with Crippen LogP contribution in [-0.2, 0) is 0 Å². The van der Waals surface area contributed by atoms with Crippen LogP contribution < -0.4 is 0 Å². The zero-order valence-electron chi connectivity index (χ0n) is 8.54. The first-order chi connectivity index (χ1) is 7.40. The summed E-state index contributed by atoms with van der Waals surface area (Å²) in [7, 11) is 0. The Bertz CT molecular complexity index is 252. The standard InChI is InChI=1S/C8H10F8O/c1-2-4(17)3-6(11,12)8(15,16)7(13,14)5(9)10/h4-5,17H,2-3H2,1H3. The van der Waals surface area contributed by atoms with Gasteiger partial charge in [0.15, 0.2) is 0 Å². The van der Waals surface area contributed by atoms with Crippen molar-refractivity contribution in [2.45, 2.75) is 50.1 Å². The van der Waals surface area contributed by atoms with Gasteiger partial charge in [0.05, 0.1) is 6.10 Å². The number of aliphatic hydroxyl groups excluding tert-OH is 1. The molecular weight excluding hydrogens is 264 g/mol. The molecule has 9 heteroatoms. The molecule has 1 N–H and O–H groups in total. The molecule has 0 heterocycles. The van der Waals surface area contributed by atoms with Crippen LogP contribution >= 0.6 is 0 Å². The van der Waals surface area contributed by atoms with Crippen LogP contribution in [0.5, 0.6) is 0 Å². The minimum Gasteiger partial charge on any atom is -0.393 e. The maximum Gasteiger partial charge on any atom is 0.377 e. The van der Waals surface area contributed by atoms with Crippen LogP contribution in [0.15, 0.2) is 0 Å². The van der Waals surface area contributed by atoms with Gasteiger partial charge in [-0.2, -0.15) is 26.3 Å². The molecule has 1 atom stereocenters. The summed E-state index contributed by atoms with van der Waals surface area (Å²) < 4.78 is 98.7. The molecule has 0 rings (SSSR count). The third-order valence-corrected chi connectivity index (χ3v) is 2.12. The van der Waals surface area contributed by atoms with Gasteiger partial charge >= 0.3 is 24.2 Å². The minimum atomic E-state index is -6.23. The molecule has 104 valence electrons. The lowest BCUT2D eigenvalue weighted by Gasteiger charge is -2.33. The van der Waals surface area contributed by atoms with Crippen LogP contribution in [0.2, 0.25) is 0 Å². The molecule has 0 aromatic carbocycles. The molecule has 0 spiro atoms. The third-order valence-electron chi connectivity index (χ3n) is 2.12. The van der Waals surface area contributed by atoms with E-state index in [1.165, 1.54) is 0 Å². The van der Waals surface area contributed by atoms with Crippen LogP contribution in [0.4, 0.5) is 35.1 Å². The smallest absolute Gasteiger partial charge is 0.377 e. The minimum absolute atomic E-state index is 0.397. The quantitative estimate of drug-likeness (QED) is 0.737. The van der Waals surface area contributed by atoms with Crippen LogP contribution in [0.25, 0.3) is 0 Å². The summed E-state index contributed by atoms with van der Waals surface area (Å²) in [5, 5.41) is 8.72. The van der Waals surface area contributed by atoms with Crippen molar-refractivity contribution in [3.63, 3.8) is 0 Å². The number of hydrogen-bond acceptors (Lipinski definition) is 1. The molecule has 1 unspecified atom stereocenters. The molecule has 0 radical (unpaired) electrons. The SMILES string of the molecule is CCC(O)CC(F)(F)C(F)(F)C(F)(F)C(F)F. The summed E-state index contributed by atoms with van der Waals surface area (Å²) in [6.07, 6.45) is -9.32. The van der Waals surface area contributed by atoms with Gasteiger partial charge in [-0.1, -0.05) is 6.92 Å². The van der Waals surface area contributed by atoms with Crippen LogP contribution in [-0.4, -0.2) is 35.4 Å². The second-order valence-corrected chi connectivity index (χ2v) is 3.47. The largest absolute Gasteiger partial charge is 0.393 e. The molecule has 0 fully saturated rings. The van der Waals surface area contributed by atoms with Crippen molar-refractivity contribution in [3.05, 3.63) is 0 Å². The number of rotatable bonds is 6. The molecule has 0 amide bonds. The van der Waals surface area contributed by atoms with E-state index in [-0.39, 0.29) is 0 Å². The molecule has 0 saturated heterocycles. The average Bonchev–Trinajstić information content (AvgIpc) is 2.15. The summed E-state index contributed by atoms with van der Waals surface area (Å²) in [6, 6.07) is 0. The summed E-state index contributed by atoms with van der Waals surface area (Å²) >= 11 is 0. The van der Waals surface area contributed by atoms with Gasteiger partial charge in [0.1, 0.15) is 0 Å². The first-order valence-electron chi connectivity index (χ1n) is 4.49. The summed E-state index contributed by atoms with van der Waals surface area (Å²) in [6.45, 7) is 1.14. The van der Waals surface area contributed by atoms with Crippen molar-refractivity contribution in [2.75, 3.05) is 0 Å². The fourth-order valence-corrected chi connectivity index (χ4v) is 0.949. The van der Waals surface area contributed by atoms with Crippen molar-refractivity contribution < 1.29 is 40.2 Å². The summed E-state index contributed by atoms with van der Waals surface area (Å²) in [5.74, 6) is -17.8. The second kappa shape index (κ2) is 4.95. The fraction of sp³-hybridized carbons (Fsp3) is 1.00. The molecule has 1 nitrogen and oxygen atoms in total. The van der Waals surface area contributed by atoms with Crippen LogP contribution in [0.1, 0.15) is 19.8 Å². The van der Waals surface area contributed by atoms with Gasteiger partial charge in [-0.3, -0.25) is 0 Å². The first-order valence-corrected chi connectivity index (χ1v) is 4.49. The molecule has 0 aromatic rings. The highest BCUT2D eigenvalue weighted by Crippen LogP contribution is 2.50. The van der Waals surface area contributed by atoms with E-state index < -0.39 is 43.1 Å². The molecule has 0 aliphatic rings. The first kappa shape index (κ1) is 16.4. The van der Waals surface area contributed by atoms with Gasteiger partial charge in [0, 0.05) is 6.42 Å². The molecule has 17 heavy (non-hydrogen) atoms. The predicted molar refractivity (Wildman–Crippen MR) is 41.8 cm³/mol. The van der Waals surface area contributed by atoms with E-state index in [1.807, 2.05) is 0 Å². The number of halogens is 8. The molecular formula is C8H10F8O. The molecule has 0 aromatic heterocycles. The van der Waals surface area contributed by atoms with E-state index in [1.54, 1.807) is 0 Å². The molecule has 0 aliphatic carbocycles. The Morgan fingerprint density at radius 1 is 1.00 bits per heavy atom. The van der Waals surface area contributed by atoms with Gasteiger partial charge in [0.25, 0.3) is 0 Å². The number of hydrogen-bond donors (Lipinski definition) is 1. The Morgan fingerprint density at radius 3 is 1.71 bits per heavy atom. The zero-order chi connectivity index (χ0) is 14.1. The highest BCUT2D eigenvalue weighted by atomic mass is 19.4. The van der Waals surface area contributed by atoms with Gasteiger partial charge in [-0.25, -0.2) is 8.78 Å². The van der Waals surface area contributed by atoms with E-state index in [0.717, 1.165) is 6.92 Å². The van der Waals surface area contributed by atoms with Crippen LogP contribution in [0.3, 0.4) is 0 Å². The molecule has 0 aliphatic heterocycles. The lowest BCUT2D eigenvalue weighted by molar-refractivity contribution is -0.342. The zero-order valence-corrected chi connectivity index (χ0v) is 8.54. The van der Waals surface area contributed by atoms with Gasteiger partial charge < -0.3 is 5.11 Å². The van der Waals surface area contributed by atoms with Crippen molar-refractivity contribution in [1.29, 1.82) is 0 Å². The Labute approximate surface area is 91.4 Å². The van der Waals surface area contributed by atoms with E-state index in [4.69, 9.17) is 5.11 Å². The fourth-order valence-electron chi connectivity index (χ4n) is 0.949. The lowest BCUT2D eigenvalue weighted by atomic mass is 9.98. The van der Waals surface area contributed by atoms with Crippen molar-refractivity contribution in [2.24, 2.45) is 0 Å². The van der Waals surface area contributed by atoms with E-state index in [2.05, 4.69) is 0 Å².